The number of piperidine rings is 1. The predicted octanol–water partition coefficient (Wildman–Crippen LogP) is 5.32. The molecular weight excluding hydrogens is 502 g/mol. The molecule has 0 aliphatic carbocycles. The molecule has 1 fully saturated rings. The van der Waals surface area contributed by atoms with E-state index in [9.17, 15) is 35.9 Å². The molecule has 0 bridgehead atoms. The van der Waals surface area contributed by atoms with Crippen LogP contribution in [0.1, 0.15) is 35.6 Å². The number of aromatic nitrogens is 3. The van der Waals surface area contributed by atoms with Crippen molar-refractivity contribution in [2.24, 2.45) is 0 Å². The molecule has 5 rings (SSSR count). The van der Waals surface area contributed by atoms with Crippen LogP contribution in [0.5, 0.6) is 0 Å². The fraction of sp³-hybridized carbons (Fsp3) is 0.320. The van der Waals surface area contributed by atoms with E-state index in [1.807, 2.05) is 0 Å². The fourth-order valence-corrected chi connectivity index (χ4v) is 4.99. The Kier molecular flexibility index (Phi) is 5.99. The minimum Gasteiger partial charge on any atom is -0.342 e. The third-order valence-electron chi connectivity index (χ3n) is 6.65. The van der Waals surface area contributed by atoms with Crippen LogP contribution in [-0.4, -0.2) is 38.4 Å². The number of hydrogen-bond donors (Lipinski definition) is 1. The molecule has 0 radical (unpaired) electrons. The second kappa shape index (κ2) is 8.93. The second-order valence-electron chi connectivity index (χ2n) is 9.00. The maximum Gasteiger partial charge on any atom is 0.418 e. The van der Waals surface area contributed by atoms with Crippen LogP contribution in [-0.2, 0) is 23.6 Å². The summed E-state index contributed by atoms with van der Waals surface area (Å²) < 4.78 is 82.6. The van der Waals surface area contributed by atoms with Gasteiger partial charge in [0.25, 0.3) is 0 Å². The molecule has 1 saturated heterocycles. The number of hydrogen-bond acceptors (Lipinski definition) is 3. The first-order chi connectivity index (χ1) is 17.4. The number of aromatic amines is 1. The summed E-state index contributed by atoms with van der Waals surface area (Å²) in [7, 11) is 0. The van der Waals surface area contributed by atoms with E-state index in [0.717, 1.165) is 16.7 Å². The molecule has 6 nitrogen and oxygen atoms in total. The van der Waals surface area contributed by atoms with E-state index in [4.69, 9.17) is 0 Å². The first-order valence-corrected chi connectivity index (χ1v) is 11.5. The predicted molar refractivity (Wildman–Crippen MR) is 123 cm³/mol. The van der Waals surface area contributed by atoms with Gasteiger partial charge in [-0.05, 0) is 48.7 Å². The van der Waals surface area contributed by atoms with Gasteiger partial charge in [-0.15, -0.1) is 0 Å². The molecule has 0 unspecified atom stereocenters. The molecule has 1 amide bonds. The van der Waals surface area contributed by atoms with Gasteiger partial charge in [-0.2, -0.15) is 26.3 Å². The van der Waals surface area contributed by atoms with Gasteiger partial charge in [0, 0.05) is 30.7 Å². The molecule has 1 N–H and O–H groups in total. The lowest BCUT2D eigenvalue weighted by Crippen LogP contribution is -2.41. The van der Waals surface area contributed by atoms with Crippen LogP contribution in [0, 0.1) is 0 Å². The smallest absolute Gasteiger partial charge is 0.342 e. The number of halogens is 6. The van der Waals surface area contributed by atoms with Crippen LogP contribution in [0.15, 0.2) is 53.5 Å². The van der Waals surface area contributed by atoms with Crippen molar-refractivity contribution in [2.75, 3.05) is 13.1 Å². The topological polar surface area (TPSA) is 71.0 Å². The summed E-state index contributed by atoms with van der Waals surface area (Å²) >= 11 is 0. The van der Waals surface area contributed by atoms with Gasteiger partial charge in [0.05, 0.1) is 34.1 Å². The van der Waals surface area contributed by atoms with Gasteiger partial charge in [0.2, 0.25) is 5.91 Å². The van der Waals surface area contributed by atoms with Gasteiger partial charge < -0.3 is 9.88 Å². The molecule has 1 aliphatic heterocycles. The first-order valence-electron chi connectivity index (χ1n) is 11.5. The minimum atomic E-state index is -4.66. The number of benzene rings is 2. The van der Waals surface area contributed by atoms with Gasteiger partial charge in [-0.1, -0.05) is 12.1 Å². The van der Waals surface area contributed by atoms with Crippen molar-refractivity contribution in [3.8, 4) is 0 Å². The Morgan fingerprint density at radius 2 is 1.68 bits per heavy atom. The van der Waals surface area contributed by atoms with Crippen molar-refractivity contribution in [2.45, 2.75) is 37.7 Å². The number of carbonyl (C=O) groups excluding carboxylic acids is 1. The Morgan fingerprint density at radius 3 is 2.35 bits per heavy atom. The van der Waals surface area contributed by atoms with E-state index >= 15 is 0 Å². The summed E-state index contributed by atoms with van der Waals surface area (Å²) in [5.41, 5.74) is -2.68. The number of nitrogens with one attached hydrogen (secondary N) is 1. The summed E-state index contributed by atoms with van der Waals surface area (Å²) in [6.07, 6.45) is -7.86. The van der Waals surface area contributed by atoms with Gasteiger partial charge in [0.1, 0.15) is 0 Å². The van der Waals surface area contributed by atoms with Crippen molar-refractivity contribution in [3.05, 3.63) is 75.8 Å². The zero-order valence-corrected chi connectivity index (χ0v) is 19.2. The van der Waals surface area contributed by atoms with Gasteiger partial charge >= 0.3 is 18.0 Å². The van der Waals surface area contributed by atoms with Crippen molar-refractivity contribution in [3.63, 3.8) is 0 Å². The summed E-state index contributed by atoms with van der Waals surface area (Å²) in [6.45, 7) is 0.302. The molecule has 37 heavy (non-hydrogen) atoms. The van der Waals surface area contributed by atoms with E-state index in [1.165, 1.54) is 41.4 Å². The summed E-state index contributed by atoms with van der Waals surface area (Å²) in [5, 5.41) is 0.262. The normalized spacial score (nSPS) is 15.6. The van der Waals surface area contributed by atoms with Crippen molar-refractivity contribution < 1.29 is 31.1 Å². The van der Waals surface area contributed by atoms with Crippen LogP contribution in [0.25, 0.3) is 21.9 Å². The third kappa shape index (κ3) is 4.67. The number of pyridine rings is 1. The van der Waals surface area contributed by atoms with Crippen molar-refractivity contribution in [1.82, 2.24) is 19.4 Å². The number of fused-ring (bicyclic) bond motifs is 2. The Balaban J connectivity index is 1.36. The van der Waals surface area contributed by atoms with Gasteiger partial charge in [-0.25, -0.2) is 4.79 Å². The number of alkyl halides is 6. The molecule has 2 aromatic carbocycles. The monoisotopic (exact) mass is 522 g/mol. The molecule has 3 heterocycles. The van der Waals surface area contributed by atoms with Crippen LogP contribution < -0.4 is 5.69 Å². The molecule has 4 aromatic rings. The molecule has 12 heteroatoms. The molecule has 194 valence electrons. The molecule has 2 aromatic heterocycles. The average Bonchev–Trinajstić information content (AvgIpc) is 3.18. The SMILES string of the molecule is O=C(Cc1cc(C(F)(F)F)c2ncccc2c1)N1CCC(n2c(=O)[nH]c3cccc(C(F)(F)F)c32)CC1. The Labute approximate surface area is 205 Å². The molecular formula is C25H20F6N4O2. The third-order valence-corrected chi connectivity index (χ3v) is 6.65. The van der Waals surface area contributed by atoms with E-state index in [1.54, 1.807) is 0 Å². The highest BCUT2D eigenvalue weighted by Gasteiger charge is 2.37. The van der Waals surface area contributed by atoms with Gasteiger partial charge in [0.15, 0.2) is 0 Å². The molecule has 0 spiro atoms. The zero-order valence-electron chi connectivity index (χ0n) is 19.2. The van der Waals surface area contributed by atoms with E-state index < -0.39 is 41.1 Å². The van der Waals surface area contributed by atoms with Crippen LogP contribution >= 0.6 is 0 Å². The van der Waals surface area contributed by atoms with E-state index in [2.05, 4.69) is 9.97 Å². The van der Waals surface area contributed by atoms with Crippen molar-refractivity contribution in [1.29, 1.82) is 0 Å². The number of amides is 1. The number of carbonyl (C=O) groups is 1. The molecule has 0 atom stereocenters. The quantitative estimate of drug-likeness (QED) is 0.370. The number of rotatable bonds is 3. The Hall–Kier alpha value is -3.83. The van der Waals surface area contributed by atoms with Gasteiger partial charge in [-0.3, -0.25) is 14.3 Å². The highest BCUT2D eigenvalue weighted by Crippen LogP contribution is 2.37. The average molecular weight is 522 g/mol. The maximum absolute atomic E-state index is 13.6. The fourth-order valence-electron chi connectivity index (χ4n) is 4.99. The second-order valence-corrected chi connectivity index (χ2v) is 9.00. The number of imidazole rings is 1. The lowest BCUT2D eigenvalue weighted by atomic mass is 10.0. The van der Waals surface area contributed by atoms with E-state index in [-0.39, 0.29) is 59.9 Å². The summed E-state index contributed by atoms with van der Waals surface area (Å²) in [6, 6.07) is 8.38. The van der Waals surface area contributed by atoms with E-state index in [0.29, 0.717) is 0 Å². The maximum atomic E-state index is 13.6. The summed E-state index contributed by atoms with van der Waals surface area (Å²) in [5.74, 6) is -0.405. The molecule has 1 aliphatic rings. The largest absolute Gasteiger partial charge is 0.418 e. The highest BCUT2D eigenvalue weighted by molar-refractivity contribution is 5.86. The van der Waals surface area contributed by atoms with Crippen LogP contribution in [0.3, 0.4) is 0 Å². The summed E-state index contributed by atoms with van der Waals surface area (Å²) in [4.78, 5) is 33.2. The number of nitrogens with zero attached hydrogens (tertiary/aromatic N) is 3. The zero-order chi connectivity index (χ0) is 26.5. The van der Waals surface area contributed by atoms with Crippen LogP contribution in [0.2, 0.25) is 0 Å². The lowest BCUT2D eigenvalue weighted by molar-refractivity contribution is -0.137. The first kappa shape index (κ1) is 24.8. The standard InChI is InChI=1S/C25H20F6N4O2/c26-24(27,28)17-4-1-5-19-22(17)35(23(37)33-19)16-6-9-34(10-7-16)20(36)13-14-11-15-3-2-8-32-21(15)18(12-14)25(29,30)31/h1-5,8,11-12,16H,6-7,9-10,13H2,(H,33,37). The molecule has 0 saturated carbocycles. The van der Waals surface area contributed by atoms with Crippen LogP contribution in [0.4, 0.5) is 26.3 Å². The lowest BCUT2D eigenvalue weighted by Gasteiger charge is -2.33. The Morgan fingerprint density at radius 1 is 0.973 bits per heavy atom. The highest BCUT2D eigenvalue weighted by atomic mass is 19.4. The number of H-pyrrole nitrogens is 1. The number of likely N-dealkylation sites (tertiary alicyclic amines) is 1. The van der Waals surface area contributed by atoms with Crippen molar-refractivity contribution >= 4 is 27.8 Å². The number of para-hydroxylation sites is 1. The Bertz CT molecular complexity index is 1550. The minimum absolute atomic E-state index is 0.0737.